The molecule has 0 saturated carbocycles. The van der Waals surface area contributed by atoms with Gasteiger partial charge in [-0.25, -0.2) is 0 Å². The molecule has 0 amide bonds. The van der Waals surface area contributed by atoms with E-state index in [1.165, 1.54) is 11.1 Å². The van der Waals surface area contributed by atoms with Gasteiger partial charge in [-0.2, -0.15) is 0 Å². The summed E-state index contributed by atoms with van der Waals surface area (Å²) >= 11 is 0. The Hall–Kier alpha value is -1.06. The van der Waals surface area contributed by atoms with Crippen LogP contribution in [-0.4, -0.2) is 18.3 Å². The summed E-state index contributed by atoms with van der Waals surface area (Å²) in [6.07, 6.45) is 5.39. The molecule has 1 aliphatic heterocycles. The van der Waals surface area contributed by atoms with Gasteiger partial charge in [0.1, 0.15) is 0 Å². The van der Waals surface area contributed by atoms with Gasteiger partial charge in [-0.1, -0.05) is 30.4 Å². The number of allylic oxidation sites excluding steroid dienone is 1. The van der Waals surface area contributed by atoms with Gasteiger partial charge in [0.25, 0.3) is 0 Å². The first kappa shape index (κ1) is 12.0. The molecule has 0 atom stereocenters. The molecule has 0 spiro atoms. The van der Waals surface area contributed by atoms with Crippen molar-refractivity contribution in [3.05, 3.63) is 35.4 Å². The maximum absolute atomic E-state index is 6.12. The van der Waals surface area contributed by atoms with Crippen molar-refractivity contribution in [1.29, 1.82) is 0 Å². The topological polar surface area (TPSA) is 18.5 Å². The molecule has 2 nitrogen and oxygen atoms in total. The molecule has 94 valence electrons. The van der Waals surface area contributed by atoms with E-state index in [-0.39, 0.29) is 18.3 Å². The average molecular weight is 242 g/mol. The van der Waals surface area contributed by atoms with Gasteiger partial charge in [-0.3, -0.25) is 0 Å². The van der Waals surface area contributed by atoms with E-state index in [1.807, 2.05) is 0 Å². The lowest BCUT2D eigenvalue weighted by Gasteiger charge is -2.32. The van der Waals surface area contributed by atoms with E-state index in [9.17, 15) is 0 Å². The third-order valence-corrected chi connectivity index (χ3v) is 4.36. The van der Waals surface area contributed by atoms with Gasteiger partial charge in [-0.15, -0.1) is 0 Å². The minimum Gasteiger partial charge on any atom is -0.399 e. The Morgan fingerprint density at radius 3 is 2.39 bits per heavy atom. The molecular weight excluding hydrogens is 223 g/mol. The minimum absolute atomic E-state index is 0.257. The zero-order valence-electron chi connectivity index (χ0n) is 11.5. The molecule has 0 bridgehead atoms. The molecule has 0 radical (unpaired) electrons. The summed E-state index contributed by atoms with van der Waals surface area (Å²) in [6, 6.07) is 6.37. The third kappa shape index (κ3) is 1.65. The molecule has 3 heteroatoms. The Bertz CT molecular complexity index is 501. The first-order valence-electron chi connectivity index (χ1n) is 6.55. The molecule has 0 N–H and O–H groups in total. The quantitative estimate of drug-likeness (QED) is 0.704. The molecular formula is C15H19BO2. The van der Waals surface area contributed by atoms with Crippen molar-refractivity contribution in [2.45, 2.75) is 45.3 Å². The Labute approximate surface area is 109 Å². The van der Waals surface area contributed by atoms with E-state index in [0.717, 1.165) is 11.9 Å². The highest BCUT2D eigenvalue weighted by Gasteiger charge is 2.52. The van der Waals surface area contributed by atoms with E-state index < -0.39 is 0 Å². The Balaban J connectivity index is 1.99. The lowest BCUT2D eigenvalue weighted by Crippen LogP contribution is -2.41. The van der Waals surface area contributed by atoms with Crippen LogP contribution in [0.2, 0.25) is 0 Å². The predicted octanol–water partition coefficient (Wildman–Crippen LogP) is 2.56. The van der Waals surface area contributed by atoms with Crippen molar-refractivity contribution < 1.29 is 9.31 Å². The maximum Gasteiger partial charge on any atom is 0.495 e. The van der Waals surface area contributed by atoms with Crippen LogP contribution in [-0.2, 0) is 15.7 Å². The minimum atomic E-state index is -0.275. The van der Waals surface area contributed by atoms with Crippen molar-refractivity contribution in [1.82, 2.24) is 0 Å². The van der Waals surface area contributed by atoms with E-state index in [1.54, 1.807) is 0 Å². The molecule has 0 unspecified atom stereocenters. The Morgan fingerprint density at radius 2 is 1.72 bits per heavy atom. The van der Waals surface area contributed by atoms with Crippen LogP contribution in [0.3, 0.4) is 0 Å². The summed E-state index contributed by atoms with van der Waals surface area (Å²) in [5.74, 6) is 0. The normalized spacial score (nSPS) is 23.4. The van der Waals surface area contributed by atoms with Crippen LogP contribution in [0.15, 0.2) is 24.3 Å². The largest absolute Gasteiger partial charge is 0.495 e. The molecule has 3 rings (SSSR count). The van der Waals surface area contributed by atoms with Gasteiger partial charge in [0, 0.05) is 0 Å². The summed E-state index contributed by atoms with van der Waals surface area (Å²) in [5, 5.41) is 0. The number of rotatable bonds is 1. The molecule has 1 aliphatic carbocycles. The second-order valence-electron chi connectivity index (χ2n) is 6.11. The van der Waals surface area contributed by atoms with Crippen LogP contribution in [0.25, 0.3) is 6.08 Å². The van der Waals surface area contributed by atoms with E-state index in [4.69, 9.17) is 9.31 Å². The maximum atomic E-state index is 6.12. The monoisotopic (exact) mass is 242 g/mol. The number of hydrogen-bond acceptors (Lipinski definition) is 2. The highest BCUT2D eigenvalue weighted by atomic mass is 16.7. The van der Waals surface area contributed by atoms with Crippen LogP contribution in [0.5, 0.6) is 0 Å². The first-order valence-corrected chi connectivity index (χ1v) is 6.55. The summed E-state index contributed by atoms with van der Waals surface area (Å²) in [7, 11) is -0.257. The summed E-state index contributed by atoms with van der Waals surface area (Å²) < 4.78 is 12.2. The smallest absolute Gasteiger partial charge is 0.399 e. The molecule has 1 aromatic carbocycles. The molecule has 0 aromatic heterocycles. The van der Waals surface area contributed by atoms with Gasteiger partial charge in [0.15, 0.2) is 0 Å². The second-order valence-corrected chi connectivity index (χ2v) is 6.11. The van der Waals surface area contributed by atoms with Gasteiger partial charge < -0.3 is 9.31 Å². The van der Waals surface area contributed by atoms with Crippen molar-refractivity contribution >= 4 is 18.7 Å². The fraction of sp³-hybridized carbons (Fsp3) is 0.467. The summed E-state index contributed by atoms with van der Waals surface area (Å²) in [4.78, 5) is 0. The molecule has 1 aromatic rings. The van der Waals surface area contributed by atoms with Gasteiger partial charge in [-0.05, 0) is 50.7 Å². The van der Waals surface area contributed by atoms with Crippen LogP contribution in [0.1, 0.15) is 38.8 Å². The SMILES string of the molecule is CC1(C)OB(c2cccc3c2C=CC3)OC1(C)C. The highest BCUT2D eigenvalue weighted by Crippen LogP contribution is 2.37. The number of hydrogen-bond donors (Lipinski definition) is 0. The van der Waals surface area contributed by atoms with Crippen molar-refractivity contribution in [2.24, 2.45) is 0 Å². The van der Waals surface area contributed by atoms with Crippen LogP contribution >= 0.6 is 0 Å². The molecule has 18 heavy (non-hydrogen) atoms. The molecule has 1 heterocycles. The number of benzene rings is 1. The fourth-order valence-corrected chi connectivity index (χ4v) is 2.49. The molecule has 1 saturated heterocycles. The molecule has 2 aliphatic rings. The lowest BCUT2D eigenvalue weighted by molar-refractivity contribution is 0.00578. The fourth-order valence-electron chi connectivity index (χ4n) is 2.49. The zero-order valence-corrected chi connectivity index (χ0v) is 11.5. The van der Waals surface area contributed by atoms with Gasteiger partial charge >= 0.3 is 7.12 Å². The van der Waals surface area contributed by atoms with Crippen LogP contribution in [0.4, 0.5) is 0 Å². The van der Waals surface area contributed by atoms with Gasteiger partial charge in [0.05, 0.1) is 11.2 Å². The Kier molecular flexibility index (Phi) is 2.48. The first-order chi connectivity index (χ1) is 8.41. The summed E-state index contributed by atoms with van der Waals surface area (Å²) in [6.45, 7) is 8.36. The average Bonchev–Trinajstić information content (AvgIpc) is 2.81. The standard InChI is InChI=1S/C15H19BO2/c1-14(2)15(3,4)18-16(17-14)13-10-6-8-11-7-5-9-12(11)13/h5-6,8-10H,7H2,1-4H3. The van der Waals surface area contributed by atoms with Crippen LogP contribution in [0, 0.1) is 0 Å². The van der Waals surface area contributed by atoms with E-state index in [0.29, 0.717) is 0 Å². The van der Waals surface area contributed by atoms with Crippen LogP contribution < -0.4 is 5.46 Å². The summed E-state index contributed by atoms with van der Waals surface area (Å²) in [5.41, 5.74) is 3.24. The zero-order chi connectivity index (χ0) is 13.0. The van der Waals surface area contributed by atoms with E-state index in [2.05, 4.69) is 58.0 Å². The predicted molar refractivity (Wildman–Crippen MR) is 74.9 cm³/mol. The van der Waals surface area contributed by atoms with Crippen molar-refractivity contribution in [3.8, 4) is 0 Å². The third-order valence-electron chi connectivity index (χ3n) is 4.36. The Morgan fingerprint density at radius 1 is 1.06 bits per heavy atom. The second kappa shape index (κ2) is 3.72. The highest BCUT2D eigenvalue weighted by molar-refractivity contribution is 6.63. The molecule has 1 fully saturated rings. The van der Waals surface area contributed by atoms with Crippen molar-refractivity contribution in [2.75, 3.05) is 0 Å². The lowest BCUT2D eigenvalue weighted by atomic mass is 9.75. The van der Waals surface area contributed by atoms with Crippen molar-refractivity contribution in [3.63, 3.8) is 0 Å². The van der Waals surface area contributed by atoms with E-state index >= 15 is 0 Å². The van der Waals surface area contributed by atoms with Gasteiger partial charge in [0.2, 0.25) is 0 Å². The number of fused-ring (bicyclic) bond motifs is 1.